The molecule has 33 heavy (non-hydrogen) atoms. The maximum atomic E-state index is 12.7. The van der Waals surface area contributed by atoms with Crippen molar-refractivity contribution in [3.8, 4) is 0 Å². The smallest absolute Gasteiger partial charge is 0.240 e. The highest BCUT2D eigenvalue weighted by Gasteiger charge is 2.20. The molecule has 0 aromatic heterocycles. The minimum absolute atomic E-state index is 0.282. The lowest BCUT2D eigenvalue weighted by atomic mass is 9.95. The Bertz CT molecular complexity index is 1280. The normalized spacial score (nSPS) is 16.1. The first kappa shape index (κ1) is 22.4. The van der Waals surface area contributed by atoms with E-state index in [4.69, 9.17) is 4.74 Å². The van der Waals surface area contributed by atoms with Gasteiger partial charge >= 0.3 is 0 Å². The molecule has 1 N–H and O–H groups in total. The van der Waals surface area contributed by atoms with Gasteiger partial charge in [-0.3, -0.25) is 0 Å². The first-order valence-electron chi connectivity index (χ1n) is 11.3. The topological polar surface area (TPSA) is 55.4 Å². The summed E-state index contributed by atoms with van der Waals surface area (Å²) in [5.74, 6) is 0.335. The summed E-state index contributed by atoms with van der Waals surface area (Å²) in [5, 5.41) is 0. The Morgan fingerprint density at radius 1 is 0.939 bits per heavy atom. The van der Waals surface area contributed by atoms with E-state index >= 15 is 0 Å². The summed E-state index contributed by atoms with van der Waals surface area (Å²) in [5.41, 5.74) is 5.51. The zero-order chi connectivity index (χ0) is 22.8. The van der Waals surface area contributed by atoms with Gasteiger partial charge in [0.25, 0.3) is 0 Å². The molecule has 170 valence electrons. The molecule has 0 amide bonds. The average Bonchev–Trinajstić information content (AvgIpc) is 2.86. The molecule has 0 spiro atoms. The van der Waals surface area contributed by atoms with E-state index in [2.05, 4.69) is 53.8 Å². The van der Waals surface area contributed by atoms with E-state index in [0.717, 1.165) is 36.0 Å². The molecule has 2 heterocycles. The molecule has 2 aliphatic rings. The van der Waals surface area contributed by atoms with Crippen LogP contribution in [0.3, 0.4) is 0 Å². The summed E-state index contributed by atoms with van der Waals surface area (Å²) in [4.78, 5) is 2.88. The number of hydrogen-bond acceptors (Lipinski definition) is 4. The lowest BCUT2D eigenvalue weighted by Crippen LogP contribution is -2.32. The first-order valence-corrected chi connectivity index (χ1v) is 13.6. The molecule has 0 aliphatic carbocycles. The number of fused-ring (bicyclic) bond motifs is 2. The monoisotopic (exact) mass is 477 g/mol. The fourth-order valence-corrected chi connectivity index (χ4v) is 6.51. The van der Waals surface area contributed by atoms with Gasteiger partial charge in [-0.15, -0.1) is 0 Å². The summed E-state index contributed by atoms with van der Waals surface area (Å²) < 4.78 is 33.5. The van der Waals surface area contributed by atoms with Crippen LogP contribution in [0.25, 0.3) is 5.57 Å². The second kappa shape index (κ2) is 9.47. The van der Waals surface area contributed by atoms with Crippen molar-refractivity contribution in [2.45, 2.75) is 33.9 Å². The van der Waals surface area contributed by atoms with Crippen molar-refractivity contribution in [3.63, 3.8) is 0 Å². The molecule has 0 saturated carbocycles. The predicted octanol–water partition coefficient (Wildman–Crippen LogP) is 5.51. The van der Waals surface area contributed by atoms with Gasteiger partial charge in [-0.05, 0) is 83.3 Å². The summed E-state index contributed by atoms with van der Waals surface area (Å²) >= 11 is 1.81. The van der Waals surface area contributed by atoms with Crippen molar-refractivity contribution >= 4 is 27.4 Å². The van der Waals surface area contributed by atoms with Crippen molar-refractivity contribution in [3.05, 3.63) is 95.6 Å². The van der Waals surface area contributed by atoms with Gasteiger partial charge in [-0.25, -0.2) is 13.1 Å². The predicted molar refractivity (Wildman–Crippen MR) is 133 cm³/mol. The molecular formula is C27H27NO3S2. The van der Waals surface area contributed by atoms with Gasteiger partial charge in [0.15, 0.2) is 0 Å². The van der Waals surface area contributed by atoms with Crippen molar-refractivity contribution in [1.82, 2.24) is 4.72 Å². The summed E-state index contributed by atoms with van der Waals surface area (Å²) in [6.07, 6.45) is 2.70. The van der Waals surface area contributed by atoms with Crippen molar-refractivity contribution < 1.29 is 13.2 Å². The number of benzene rings is 3. The van der Waals surface area contributed by atoms with Crippen LogP contribution in [0.5, 0.6) is 0 Å². The molecule has 0 radical (unpaired) electrons. The Hall–Kier alpha value is -2.38. The number of ether oxygens (including phenoxy) is 1. The fraction of sp³-hybridized carbons (Fsp3) is 0.259. The van der Waals surface area contributed by atoms with E-state index in [1.54, 1.807) is 12.1 Å². The minimum Gasteiger partial charge on any atom is -0.381 e. The Balaban J connectivity index is 1.29. The largest absolute Gasteiger partial charge is 0.381 e. The molecule has 5 rings (SSSR count). The Morgan fingerprint density at radius 2 is 1.64 bits per heavy atom. The van der Waals surface area contributed by atoms with E-state index < -0.39 is 10.0 Å². The van der Waals surface area contributed by atoms with Gasteiger partial charge < -0.3 is 4.74 Å². The lowest BCUT2D eigenvalue weighted by Gasteiger charge is -2.22. The van der Waals surface area contributed by atoms with E-state index in [1.807, 2.05) is 23.9 Å². The van der Waals surface area contributed by atoms with Crippen LogP contribution in [0, 0.1) is 5.92 Å². The summed E-state index contributed by atoms with van der Waals surface area (Å²) in [6, 6.07) is 22.0. The quantitative estimate of drug-likeness (QED) is 0.398. The minimum atomic E-state index is -3.53. The van der Waals surface area contributed by atoms with Crippen LogP contribution in [0.4, 0.5) is 0 Å². The number of sulfonamides is 1. The molecule has 0 unspecified atom stereocenters. The molecule has 3 aromatic rings. The molecule has 4 nitrogen and oxygen atoms in total. The highest BCUT2D eigenvalue weighted by atomic mass is 32.2. The van der Waals surface area contributed by atoms with E-state index in [9.17, 15) is 8.42 Å². The molecule has 3 aromatic carbocycles. The lowest BCUT2D eigenvalue weighted by molar-refractivity contribution is 0.0678. The van der Waals surface area contributed by atoms with E-state index in [-0.39, 0.29) is 4.90 Å². The van der Waals surface area contributed by atoms with Crippen molar-refractivity contribution in [1.29, 1.82) is 0 Å². The second-order valence-corrected chi connectivity index (χ2v) is 11.5. The van der Waals surface area contributed by atoms with Crippen LogP contribution >= 0.6 is 11.8 Å². The average molecular weight is 478 g/mol. The van der Waals surface area contributed by atoms with E-state index in [0.29, 0.717) is 25.7 Å². The van der Waals surface area contributed by atoms with E-state index in [1.165, 1.54) is 20.9 Å². The van der Waals surface area contributed by atoms with Crippen LogP contribution < -0.4 is 4.72 Å². The van der Waals surface area contributed by atoms with Gasteiger partial charge in [0, 0.05) is 29.5 Å². The fourth-order valence-electron chi connectivity index (χ4n) is 4.34. The first-order chi connectivity index (χ1) is 16.0. The van der Waals surface area contributed by atoms with Crippen LogP contribution in [0.2, 0.25) is 0 Å². The van der Waals surface area contributed by atoms with Gasteiger partial charge in [0.1, 0.15) is 0 Å². The van der Waals surface area contributed by atoms with Crippen molar-refractivity contribution in [2.75, 3.05) is 19.8 Å². The van der Waals surface area contributed by atoms with Gasteiger partial charge in [-0.2, -0.15) is 0 Å². The standard InChI is InChI=1S/C27H27NO3S2/c1-19(22-8-11-27-24(16-22)17-23-4-2-3-5-26(23)32-27)21-6-9-25(10-7-21)33(29,30)28-18-20-12-14-31-15-13-20/h2-11,16,20,28H,1,12-15,17-18H2. The summed E-state index contributed by atoms with van der Waals surface area (Å²) in [7, 11) is -3.53. The molecule has 0 atom stereocenters. The molecule has 0 bridgehead atoms. The van der Waals surface area contributed by atoms with Crippen LogP contribution in [-0.4, -0.2) is 28.2 Å². The van der Waals surface area contributed by atoms with Crippen LogP contribution in [-0.2, 0) is 21.2 Å². The second-order valence-electron chi connectivity index (χ2n) is 8.62. The van der Waals surface area contributed by atoms with Crippen LogP contribution in [0.15, 0.2) is 88.0 Å². The summed E-state index contributed by atoms with van der Waals surface area (Å²) in [6.45, 7) is 6.16. The molecule has 1 fully saturated rings. The van der Waals surface area contributed by atoms with Gasteiger partial charge in [0.2, 0.25) is 10.0 Å². The van der Waals surface area contributed by atoms with Crippen LogP contribution in [0.1, 0.15) is 35.1 Å². The zero-order valence-electron chi connectivity index (χ0n) is 18.4. The third kappa shape index (κ3) is 4.94. The maximum Gasteiger partial charge on any atom is 0.240 e. The van der Waals surface area contributed by atoms with Crippen molar-refractivity contribution in [2.24, 2.45) is 5.92 Å². The Morgan fingerprint density at radius 3 is 2.42 bits per heavy atom. The van der Waals surface area contributed by atoms with Gasteiger partial charge in [0.05, 0.1) is 4.90 Å². The molecule has 6 heteroatoms. The highest BCUT2D eigenvalue weighted by molar-refractivity contribution is 7.99. The number of hydrogen-bond donors (Lipinski definition) is 1. The number of rotatable bonds is 6. The van der Waals surface area contributed by atoms with Gasteiger partial charge in [-0.1, -0.05) is 54.7 Å². The molecular weight excluding hydrogens is 450 g/mol. The third-order valence-electron chi connectivity index (χ3n) is 6.40. The Kier molecular flexibility index (Phi) is 6.43. The zero-order valence-corrected chi connectivity index (χ0v) is 20.1. The highest BCUT2D eigenvalue weighted by Crippen LogP contribution is 2.40. The Labute approximate surface area is 200 Å². The molecule has 2 aliphatic heterocycles. The third-order valence-corrected chi connectivity index (χ3v) is 9.07. The number of nitrogens with one attached hydrogen (secondary N) is 1. The SMILES string of the molecule is C=C(c1ccc(S(=O)(=O)NCC2CCOCC2)cc1)c1ccc2c(c1)Cc1ccccc1S2. The maximum absolute atomic E-state index is 12.7. The molecule has 1 saturated heterocycles.